The van der Waals surface area contributed by atoms with Gasteiger partial charge in [-0.2, -0.15) is 0 Å². The first-order valence-electron chi connectivity index (χ1n) is 4.13. The Kier molecular flexibility index (Phi) is 7.89. The molecular weight excluding hydrogens is 156 g/mol. The maximum absolute atomic E-state index is 5.48. The van der Waals surface area contributed by atoms with Crippen LogP contribution >= 0.6 is 0 Å². The summed E-state index contributed by atoms with van der Waals surface area (Å²) in [6.07, 6.45) is 0.999. The summed E-state index contributed by atoms with van der Waals surface area (Å²) < 4.78 is 10.6. The van der Waals surface area contributed by atoms with E-state index in [1.54, 1.807) is 0 Å². The Bertz CT molecular complexity index is 96.1. The predicted octanol–water partition coefficient (Wildman–Crippen LogP) is 1.51. The van der Waals surface area contributed by atoms with Crippen molar-refractivity contribution >= 4 is 9.04 Å². The zero-order chi connectivity index (χ0) is 8.53. The second kappa shape index (κ2) is 7.98. The molecule has 0 N–H and O–H groups in total. The topological polar surface area (TPSA) is 18.5 Å². The average Bonchev–Trinajstić information content (AvgIpc) is 2.04. The van der Waals surface area contributed by atoms with Crippen molar-refractivity contribution in [2.45, 2.75) is 19.9 Å². The summed E-state index contributed by atoms with van der Waals surface area (Å²) in [6.45, 7) is 10.2. The lowest BCUT2D eigenvalue weighted by Gasteiger charge is -2.06. The highest BCUT2D eigenvalue weighted by molar-refractivity contribution is 6.55. The van der Waals surface area contributed by atoms with Crippen LogP contribution in [0.3, 0.4) is 0 Å². The molecule has 0 amide bonds. The molecule has 0 aliphatic heterocycles. The van der Waals surface area contributed by atoms with Crippen LogP contribution in [0.15, 0.2) is 12.3 Å². The van der Waals surface area contributed by atoms with Crippen molar-refractivity contribution in [2.24, 2.45) is 0 Å². The van der Waals surface area contributed by atoms with Crippen molar-refractivity contribution in [3.63, 3.8) is 0 Å². The molecule has 0 aromatic rings. The van der Waals surface area contributed by atoms with Gasteiger partial charge in [0, 0.05) is 19.8 Å². The predicted molar refractivity (Wildman–Crippen MR) is 50.3 cm³/mol. The SMILES string of the molecule is C=C[SiH](C)OCCCOCC. The lowest BCUT2D eigenvalue weighted by atomic mass is 10.5. The summed E-state index contributed by atoms with van der Waals surface area (Å²) in [5.74, 6) is 0. The molecule has 66 valence electrons. The van der Waals surface area contributed by atoms with Crippen molar-refractivity contribution < 1.29 is 9.16 Å². The average molecular weight is 174 g/mol. The fourth-order valence-corrected chi connectivity index (χ4v) is 1.32. The molecule has 0 bridgehead atoms. The quantitative estimate of drug-likeness (QED) is 0.430. The molecule has 0 spiro atoms. The Hall–Kier alpha value is -0.123. The van der Waals surface area contributed by atoms with Crippen LogP contribution in [0, 0.1) is 0 Å². The Morgan fingerprint density at radius 3 is 2.73 bits per heavy atom. The molecule has 0 aromatic carbocycles. The van der Waals surface area contributed by atoms with Crippen LogP contribution in [-0.2, 0) is 9.16 Å². The van der Waals surface area contributed by atoms with Gasteiger partial charge in [0.1, 0.15) is 0 Å². The molecule has 0 rings (SSSR count). The largest absolute Gasteiger partial charge is 0.416 e. The number of hydrogen-bond donors (Lipinski definition) is 0. The van der Waals surface area contributed by atoms with E-state index in [0.29, 0.717) is 0 Å². The highest BCUT2D eigenvalue weighted by atomic mass is 28.3. The maximum atomic E-state index is 5.48. The van der Waals surface area contributed by atoms with Gasteiger partial charge in [0.15, 0.2) is 9.04 Å². The number of hydrogen-bond acceptors (Lipinski definition) is 2. The third-order valence-electron chi connectivity index (χ3n) is 1.35. The van der Waals surface area contributed by atoms with Crippen molar-refractivity contribution in [1.82, 2.24) is 0 Å². The summed E-state index contributed by atoms with van der Waals surface area (Å²) >= 11 is 0. The molecule has 0 aliphatic carbocycles. The fraction of sp³-hybridized carbons (Fsp3) is 0.750. The van der Waals surface area contributed by atoms with Crippen LogP contribution in [-0.4, -0.2) is 28.9 Å². The second-order valence-electron chi connectivity index (χ2n) is 2.36. The smallest absolute Gasteiger partial charge is 0.197 e. The van der Waals surface area contributed by atoms with E-state index < -0.39 is 9.04 Å². The highest BCUT2D eigenvalue weighted by Gasteiger charge is 1.96. The van der Waals surface area contributed by atoms with Gasteiger partial charge in [-0.25, -0.2) is 0 Å². The molecule has 0 aromatic heterocycles. The molecule has 2 nitrogen and oxygen atoms in total. The van der Waals surface area contributed by atoms with Gasteiger partial charge in [-0.05, 0) is 19.9 Å². The van der Waals surface area contributed by atoms with E-state index in [0.717, 1.165) is 26.2 Å². The van der Waals surface area contributed by atoms with Crippen molar-refractivity contribution in [2.75, 3.05) is 19.8 Å². The lowest BCUT2D eigenvalue weighted by Crippen LogP contribution is -2.12. The molecule has 1 unspecified atom stereocenters. The first-order chi connectivity index (χ1) is 5.31. The molecule has 0 aliphatic rings. The molecule has 0 saturated heterocycles. The maximum Gasteiger partial charge on any atom is 0.197 e. The summed E-state index contributed by atoms with van der Waals surface area (Å²) in [7, 11) is -1.02. The first kappa shape index (κ1) is 10.9. The molecule has 0 fully saturated rings. The molecular formula is C8H18O2Si. The van der Waals surface area contributed by atoms with Crippen molar-refractivity contribution in [3.05, 3.63) is 12.3 Å². The van der Waals surface area contributed by atoms with Crippen LogP contribution in [0.2, 0.25) is 6.55 Å². The van der Waals surface area contributed by atoms with E-state index in [1.807, 2.05) is 12.6 Å². The number of rotatable bonds is 7. The first-order valence-corrected chi connectivity index (χ1v) is 6.42. The molecule has 0 heterocycles. The van der Waals surface area contributed by atoms with E-state index in [4.69, 9.17) is 9.16 Å². The van der Waals surface area contributed by atoms with Crippen LogP contribution in [0.25, 0.3) is 0 Å². The van der Waals surface area contributed by atoms with Crippen molar-refractivity contribution in [1.29, 1.82) is 0 Å². The van der Waals surface area contributed by atoms with E-state index in [1.165, 1.54) is 0 Å². The zero-order valence-corrected chi connectivity index (χ0v) is 8.66. The third kappa shape index (κ3) is 7.78. The van der Waals surface area contributed by atoms with Gasteiger partial charge in [-0.15, -0.1) is 6.58 Å². The van der Waals surface area contributed by atoms with Gasteiger partial charge in [0.05, 0.1) is 0 Å². The van der Waals surface area contributed by atoms with Gasteiger partial charge in [-0.1, -0.05) is 5.70 Å². The van der Waals surface area contributed by atoms with Gasteiger partial charge in [-0.3, -0.25) is 0 Å². The van der Waals surface area contributed by atoms with Crippen LogP contribution in [0.5, 0.6) is 0 Å². The van der Waals surface area contributed by atoms with E-state index in [2.05, 4.69) is 13.1 Å². The van der Waals surface area contributed by atoms with E-state index >= 15 is 0 Å². The number of ether oxygens (including phenoxy) is 1. The van der Waals surface area contributed by atoms with Crippen LogP contribution < -0.4 is 0 Å². The minimum absolute atomic E-state index is 0.800. The summed E-state index contributed by atoms with van der Waals surface area (Å²) in [4.78, 5) is 0. The Balaban J connectivity index is 2.95. The fourth-order valence-electron chi connectivity index (χ4n) is 0.643. The minimum atomic E-state index is -1.02. The summed E-state index contributed by atoms with van der Waals surface area (Å²) in [5, 5.41) is 0. The van der Waals surface area contributed by atoms with Crippen molar-refractivity contribution in [3.8, 4) is 0 Å². The Labute approximate surface area is 70.9 Å². The van der Waals surface area contributed by atoms with E-state index in [-0.39, 0.29) is 0 Å². The Morgan fingerprint density at radius 1 is 1.45 bits per heavy atom. The molecule has 3 heteroatoms. The molecule has 0 saturated carbocycles. The minimum Gasteiger partial charge on any atom is -0.416 e. The van der Waals surface area contributed by atoms with E-state index in [9.17, 15) is 0 Å². The van der Waals surface area contributed by atoms with Crippen LogP contribution in [0.4, 0.5) is 0 Å². The second-order valence-corrected chi connectivity index (χ2v) is 4.58. The molecule has 0 radical (unpaired) electrons. The third-order valence-corrected chi connectivity index (χ3v) is 2.78. The van der Waals surface area contributed by atoms with Gasteiger partial charge in [0.25, 0.3) is 0 Å². The summed E-state index contributed by atoms with van der Waals surface area (Å²) in [5.41, 5.74) is 1.93. The Morgan fingerprint density at radius 2 is 2.18 bits per heavy atom. The zero-order valence-electron chi connectivity index (χ0n) is 7.51. The standard InChI is InChI=1S/C8H18O2Si/c1-4-9-7-6-8-10-11(3)5-2/h5,11H,2,4,6-8H2,1,3H3. The van der Waals surface area contributed by atoms with Gasteiger partial charge >= 0.3 is 0 Å². The summed E-state index contributed by atoms with van der Waals surface area (Å²) in [6, 6.07) is 0. The van der Waals surface area contributed by atoms with Crippen LogP contribution in [0.1, 0.15) is 13.3 Å². The molecule has 1 atom stereocenters. The van der Waals surface area contributed by atoms with Gasteiger partial charge in [0.2, 0.25) is 0 Å². The molecule has 11 heavy (non-hydrogen) atoms. The normalized spacial score (nSPS) is 12.9. The lowest BCUT2D eigenvalue weighted by molar-refractivity contribution is 0.131. The highest BCUT2D eigenvalue weighted by Crippen LogP contribution is 1.89. The van der Waals surface area contributed by atoms with Gasteiger partial charge < -0.3 is 9.16 Å². The monoisotopic (exact) mass is 174 g/mol.